The van der Waals surface area contributed by atoms with E-state index in [1.54, 1.807) is 6.33 Å². The molecule has 4 aromatic rings. The first-order valence-corrected chi connectivity index (χ1v) is 13.2. The monoisotopic (exact) mass is 495 g/mol. The van der Waals surface area contributed by atoms with E-state index >= 15 is 0 Å². The number of benzene rings is 2. The van der Waals surface area contributed by atoms with E-state index in [1.807, 2.05) is 45.5 Å². The van der Waals surface area contributed by atoms with Gasteiger partial charge in [0.1, 0.15) is 6.33 Å². The van der Waals surface area contributed by atoms with Crippen LogP contribution < -0.4 is 5.56 Å². The van der Waals surface area contributed by atoms with Gasteiger partial charge in [0, 0.05) is 18.0 Å². The Balaban J connectivity index is 1.58. The topological polar surface area (TPSA) is 85.2 Å². The number of hydrogen-bond acceptors (Lipinski definition) is 5. The molecule has 2 unspecified atom stereocenters. The van der Waals surface area contributed by atoms with Crippen LogP contribution in [0.1, 0.15) is 74.9 Å². The molecule has 1 aliphatic heterocycles. The zero-order valence-electron chi connectivity index (χ0n) is 21.7. The lowest BCUT2D eigenvalue weighted by molar-refractivity contribution is -0.0488. The van der Waals surface area contributed by atoms with Crippen LogP contribution in [0.15, 0.2) is 59.7 Å². The van der Waals surface area contributed by atoms with Crippen LogP contribution in [0.25, 0.3) is 16.9 Å². The Hall–Kier alpha value is -3.76. The van der Waals surface area contributed by atoms with Gasteiger partial charge in [0.2, 0.25) is 5.78 Å². The maximum absolute atomic E-state index is 14.2. The summed E-state index contributed by atoms with van der Waals surface area (Å²) in [7, 11) is 0. The van der Waals surface area contributed by atoms with Crippen LogP contribution in [-0.4, -0.2) is 31.4 Å². The van der Waals surface area contributed by atoms with Crippen LogP contribution >= 0.6 is 0 Å². The highest BCUT2D eigenvalue weighted by molar-refractivity contribution is 5.70. The van der Waals surface area contributed by atoms with Gasteiger partial charge < -0.3 is 4.74 Å². The molecule has 0 N–H and O–H groups in total. The molecule has 7 heteroatoms. The van der Waals surface area contributed by atoms with Crippen molar-refractivity contribution in [2.24, 2.45) is 0 Å². The molecule has 0 spiro atoms. The molecule has 2 aromatic heterocycles. The van der Waals surface area contributed by atoms with E-state index in [1.165, 1.54) is 0 Å². The number of nitriles is 1. The van der Waals surface area contributed by atoms with Gasteiger partial charge in [0.05, 0.1) is 29.5 Å². The summed E-state index contributed by atoms with van der Waals surface area (Å²) in [5.74, 6) is 0.620. The number of fused-ring (bicyclic) bond motifs is 1. The summed E-state index contributed by atoms with van der Waals surface area (Å²) in [6, 6.07) is 18.1. The molecule has 37 heavy (non-hydrogen) atoms. The number of ether oxygens (including phenoxy) is 1. The average Bonchev–Trinajstić information content (AvgIpc) is 3.37. The number of rotatable bonds is 7. The standard InChI is InChI=1S/C30H33N5O2/c1-4-5-10-28-27(17-22-11-13-23(14-12-22)26-9-7-6-8-24(26)18-31)29(36)34(30-32-19-33-35(28)30)25-15-20(2)37-21(3)16-25/h6-9,11-14,19-21,25H,4-5,10,15-17H2,1-3H3. The molecule has 1 aliphatic rings. The molecule has 3 heterocycles. The third kappa shape index (κ3) is 4.94. The second-order valence-corrected chi connectivity index (χ2v) is 10.1. The lowest BCUT2D eigenvalue weighted by Gasteiger charge is -2.33. The second kappa shape index (κ2) is 10.7. The number of hydrogen-bond donors (Lipinski definition) is 0. The van der Waals surface area contributed by atoms with Crippen molar-refractivity contribution in [2.75, 3.05) is 0 Å². The third-order valence-corrected chi connectivity index (χ3v) is 7.32. The zero-order chi connectivity index (χ0) is 25.9. The lowest BCUT2D eigenvalue weighted by Crippen LogP contribution is -2.38. The Kier molecular flexibility index (Phi) is 7.20. The second-order valence-electron chi connectivity index (χ2n) is 10.1. The van der Waals surface area contributed by atoms with E-state index in [2.05, 4.69) is 49.1 Å². The maximum atomic E-state index is 14.2. The highest BCUT2D eigenvalue weighted by Crippen LogP contribution is 2.30. The Bertz CT molecular complexity index is 1490. The van der Waals surface area contributed by atoms with Crippen LogP contribution in [0, 0.1) is 11.3 Å². The van der Waals surface area contributed by atoms with Crippen molar-refractivity contribution in [2.45, 2.75) is 77.5 Å². The van der Waals surface area contributed by atoms with Crippen molar-refractivity contribution < 1.29 is 4.74 Å². The number of aryl methyl sites for hydroxylation is 1. The van der Waals surface area contributed by atoms with Crippen molar-refractivity contribution in [1.29, 1.82) is 5.26 Å². The highest BCUT2D eigenvalue weighted by atomic mass is 16.5. The molecule has 0 bridgehead atoms. The molecule has 0 aliphatic carbocycles. The summed E-state index contributed by atoms with van der Waals surface area (Å²) in [4.78, 5) is 18.7. The van der Waals surface area contributed by atoms with Crippen LogP contribution in [-0.2, 0) is 17.6 Å². The predicted octanol–water partition coefficient (Wildman–Crippen LogP) is 5.49. The minimum absolute atomic E-state index is 0.0155. The van der Waals surface area contributed by atoms with Crippen molar-refractivity contribution in [3.05, 3.63) is 87.6 Å². The van der Waals surface area contributed by atoms with Gasteiger partial charge in [0.25, 0.3) is 5.56 Å². The fraction of sp³-hybridized carbons (Fsp3) is 0.400. The number of aromatic nitrogens is 4. The zero-order valence-corrected chi connectivity index (χ0v) is 21.7. The van der Waals surface area contributed by atoms with E-state index in [4.69, 9.17) is 4.74 Å². The summed E-state index contributed by atoms with van der Waals surface area (Å²) in [6.07, 6.45) is 6.55. The summed E-state index contributed by atoms with van der Waals surface area (Å²) < 4.78 is 9.71. The molecule has 1 fully saturated rings. The molecular formula is C30H33N5O2. The van der Waals surface area contributed by atoms with Gasteiger partial charge in [-0.3, -0.25) is 9.36 Å². The molecule has 0 amide bonds. The van der Waals surface area contributed by atoms with Gasteiger partial charge in [0.15, 0.2) is 0 Å². The van der Waals surface area contributed by atoms with Gasteiger partial charge in [-0.1, -0.05) is 55.8 Å². The molecule has 5 rings (SSSR count). The number of nitrogens with zero attached hydrogens (tertiary/aromatic N) is 5. The molecule has 190 valence electrons. The quantitative estimate of drug-likeness (QED) is 0.338. The van der Waals surface area contributed by atoms with Crippen LogP contribution in [0.5, 0.6) is 0 Å². The van der Waals surface area contributed by atoms with Crippen LogP contribution in [0.3, 0.4) is 0 Å². The van der Waals surface area contributed by atoms with Crippen molar-refractivity contribution >= 4 is 5.78 Å². The van der Waals surface area contributed by atoms with E-state index < -0.39 is 0 Å². The van der Waals surface area contributed by atoms with Gasteiger partial charge in [-0.2, -0.15) is 15.3 Å². The molecule has 1 saturated heterocycles. The molecule has 7 nitrogen and oxygen atoms in total. The first-order chi connectivity index (χ1) is 18.0. The molecule has 2 aromatic carbocycles. The fourth-order valence-corrected chi connectivity index (χ4v) is 5.60. The molecule has 0 radical (unpaired) electrons. The van der Waals surface area contributed by atoms with Crippen LogP contribution in [0.4, 0.5) is 0 Å². The minimum atomic E-state index is 0.0155. The van der Waals surface area contributed by atoms with Gasteiger partial charge >= 0.3 is 0 Å². The third-order valence-electron chi connectivity index (χ3n) is 7.32. The van der Waals surface area contributed by atoms with Crippen molar-refractivity contribution in [3.63, 3.8) is 0 Å². The van der Waals surface area contributed by atoms with E-state index in [-0.39, 0.29) is 23.8 Å². The average molecular weight is 496 g/mol. The van der Waals surface area contributed by atoms with Crippen LogP contribution in [0.2, 0.25) is 0 Å². The van der Waals surface area contributed by atoms with Crippen molar-refractivity contribution in [1.82, 2.24) is 19.2 Å². The van der Waals surface area contributed by atoms with Crippen molar-refractivity contribution in [3.8, 4) is 17.2 Å². The summed E-state index contributed by atoms with van der Waals surface area (Å²) in [6.45, 7) is 6.29. The SMILES string of the molecule is CCCCc1c(Cc2ccc(-c3ccccc3C#N)cc2)c(=O)n(C2CC(C)OC(C)C2)c2ncnn12. The summed E-state index contributed by atoms with van der Waals surface area (Å²) in [5, 5.41) is 14.1. The number of unbranched alkanes of at least 4 members (excludes halogenated alkanes) is 1. The van der Waals surface area contributed by atoms with Gasteiger partial charge in [-0.15, -0.1) is 0 Å². The first-order valence-electron chi connectivity index (χ1n) is 13.2. The van der Waals surface area contributed by atoms with E-state index in [0.29, 0.717) is 17.8 Å². The predicted molar refractivity (Wildman–Crippen MR) is 144 cm³/mol. The Morgan fingerprint density at radius 3 is 2.51 bits per heavy atom. The van der Waals surface area contributed by atoms with Gasteiger partial charge in [-0.25, -0.2) is 4.52 Å². The first kappa shape index (κ1) is 24.9. The maximum Gasteiger partial charge on any atom is 0.259 e. The Morgan fingerprint density at radius 2 is 1.81 bits per heavy atom. The molecule has 2 atom stereocenters. The lowest BCUT2D eigenvalue weighted by atomic mass is 9.96. The van der Waals surface area contributed by atoms with E-state index in [9.17, 15) is 10.1 Å². The molecular weight excluding hydrogens is 462 g/mol. The highest BCUT2D eigenvalue weighted by Gasteiger charge is 2.30. The molecule has 0 saturated carbocycles. The Morgan fingerprint density at radius 1 is 1.08 bits per heavy atom. The largest absolute Gasteiger partial charge is 0.375 e. The minimum Gasteiger partial charge on any atom is -0.375 e. The summed E-state index contributed by atoms with van der Waals surface area (Å²) >= 11 is 0. The van der Waals surface area contributed by atoms with E-state index in [0.717, 1.165) is 60.1 Å². The summed E-state index contributed by atoms with van der Waals surface area (Å²) in [5.41, 5.74) is 5.35. The normalized spacial score (nSPS) is 19.7. The smallest absolute Gasteiger partial charge is 0.259 e. The van der Waals surface area contributed by atoms with Gasteiger partial charge in [-0.05, 0) is 62.3 Å². The Labute approximate surface area is 217 Å². The fourth-order valence-electron chi connectivity index (χ4n) is 5.60.